The van der Waals surface area contributed by atoms with E-state index in [1.54, 1.807) is 0 Å². The van der Waals surface area contributed by atoms with Crippen molar-refractivity contribution in [3.63, 3.8) is 0 Å². The molecule has 0 spiro atoms. The number of thioether (sulfide) groups is 1. The highest BCUT2D eigenvalue weighted by atomic mass is 32.2. The molecule has 0 aliphatic carbocycles. The Morgan fingerprint density at radius 2 is 2.00 bits per heavy atom. The van der Waals surface area contributed by atoms with Crippen molar-refractivity contribution in [3.8, 4) is 0 Å². The number of aryl methyl sites for hydroxylation is 1. The highest BCUT2D eigenvalue weighted by Gasteiger charge is 2.18. The molecule has 1 unspecified atom stereocenters. The van der Waals surface area contributed by atoms with Gasteiger partial charge in [0.15, 0.2) is 10.1 Å². The summed E-state index contributed by atoms with van der Waals surface area (Å²) in [7, 11) is 0. The Hall–Kier alpha value is -1.40. The van der Waals surface area contributed by atoms with Gasteiger partial charge in [0.05, 0.1) is 5.25 Å². The smallest absolute Gasteiger partial charge is 0.206 e. The molecule has 23 heavy (non-hydrogen) atoms. The molecular weight excluding hydrogens is 326 g/mol. The second-order valence-corrected chi connectivity index (χ2v) is 7.89. The number of aromatic nitrogens is 2. The normalized spacial score (nSPS) is 12.1. The first kappa shape index (κ1) is 17.9. The van der Waals surface area contributed by atoms with Gasteiger partial charge in [-0.15, -0.1) is 10.2 Å². The molecule has 1 heterocycles. The number of nitrogens with one attached hydrogen (secondary N) is 1. The first-order valence-electron chi connectivity index (χ1n) is 8.01. The van der Waals surface area contributed by atoms with Gasteiger partial charge in [-0.3, -0.25) is 4.79 Å². The third-order valence-corrected chi connectivity index (χ3v) is 5.57. The van der Waals surface area contributed by atoms with Gasteiger partial charge in [0.25, 0.3) is 0 Å². The fourth-order valence-corrected chi connectivity index (χ4v) is 4.04. The number of nitrogens with zero attached hydrogens (tertiary/aromatic N) is 2. The van der Waals surface area contributed by atoms with Crippen molar-refractivity contribution >= 4 is 34.0 Å². The fraction of sp³-hybridized carbons (Fsp3) is 0.471. The number of rotatable bonds is 9. The zero-order valence-corrected chi connectivity index (χ0v) is 15.5. The van der Waals surface area contributed by atoms with Crippen LogP contribution in [0.4, 0.5) is 5.13 Å². The van der Waals surface area contributed by atoms with Crippen molar-refractivity contribution in [1.82, 2.24) is 10.2 Å². The molecule has 0 aliphatic heterocycles. The maximum Gasteiger partial charge on any atom is 0.206 e. The number of unbranched alkanes of at least 4 members (excludes halogenated alkanes) is 1. The Labute approximate surface area is 146 Å². The number of Topliss-reactive ketones (excluding diaryl/α,β-unsaturated/α-hetero) is 1. The maximum absolute atomic E-state index is 12.5. The molecule has 0 fully saturated rings. The lowest BCUT2D eigenvalue weighted by Gasteiger charge is -2.08. The summed E-state index contributed by atoms with van der Waals surface area (Å²) in [5.74, 6) is 0.133. The topological polar surface area (TPSA) is 54.9 Å². The van der Waals surface area contributed by atoms with Gasteiger partial charge in [0.2, 0.25) is 5.13 Å². The predicted molar refractivity (Wildman–Crippen MR) is 98.8 cm³/mol. The van der Waals surface area contributed by atoms with E-state index in [0.717, 1.165) is 40.8 Å². The lowest BCUT2D eigenvalue weighted by atomic mass is 10.1. The van der Waals surface area contributed by atoms with Gasteiger partial charge in [-0.1, -0.05) is 67.6 Å². The summed E-state index contributed by atoms with van der Waals surface area (Å²) >= 11 is 2.98. The zero-order valence-electron chi connectivity index (χ0n) is 13.8. The van der Waals surface area contributed by atoms with Crippen LogP contribution in [-0.4, -0.2) is 27.8 Å². The van der Waals surface area contributed by atoms with Crippen LogP contribution in [0, 0.1) is 0 Å². The minimum absolute atomic E-state index is 0.133. The summed E-state index contributed by atoms with van der Waals surface area (Å²) < 4.78 is 0.829. The van der Waals surface area contributed by atoms with Gasteiger partial charge in [0, 0.05) is 12.1 Å². The molecule has 2 rings (SSSR count). The number of carbonyl (C=O) groups is 1. The third-order valence-electron chi connectivity index (χ3n) is 3.51. The summed E-state index contributed by atoms with van der Waals surface area (Å²) in [6.07, 6.45) is 3.25. The molecule has 0 saturated carbocycles. The molecule has 1 N–H and O–H groups in total. The average molecular weight is 350 g/mol. The molecule has 1 aromatic carbocycles. The highest BCUT2D eigenvalue weighted by molar-refractivity contribution is 8.02. The van der Waals surface area contributed by atoms with E-state index in [1.165, 1.54) is 28.7 Å². The molecule has 2 aromatic rings. The van der Waals surface area contributed by atoms with Gasteiger partial charge in [-0.05, 0) is 25.3 Å². The molecule has 124 valence electrons. The SMILES string of the molecule is CCCCNc1nnc(SC(C)C(=O)c2ccc(CC)cc2)s1. The fourth-order valence-electron chi connectivity index (χ4n) is 2.05. The second-order valence-electron chi connectivity index (χ2n) is 5.33. The predicted octanol–water partition coefficient (Wildman–Crippen LogP) is 4.68. The zero-order chi connectivity index (χ0) is 16.7. The van der Waals surface area contributed by atoms with Crippen LogP contribution in [0.25, 0.3) is 0 Å². The van der Waals surface area contributed by atoms with Gasteiger partial charge in [-0.2, -0.15) is 0 Å². The Morgan fingerprint density at radius 3 is 2.65 bits per heavy atom. The van der Waals surface area contributed by atoms with Crippen LogP contribution in [-0.2, 0) is 6.42 Å². The Morgan fingerprint density at radius 1 is 1.26 bits per heavy atom. The van der Waals surface area contributed by atoms with Gasteiger partial charge < -0.3 is 5.32 Å². The van der Waals surface area contributed by atoms with E-state index in [-0.39, 0.29) is 11.0 Å². The van der Waals surface area contributed by atoms with Crippen molar-refractivity contribution in [2.45, 2.75) is 49.6 Å². The average Bonchev–Trinajstić information content (AvgIpc) is 3.02. The van der Waals surface area contributed by atoms with Crippen LogP contribution in [0.3, 0.4) is 0 Å². The van der Waals surface area contributed by atoms with E-state index >= 15 is 0 Å². The molecule has 1 aromatic heterocycles. The summed E-state index contributed by atoms with van der Waals surface area (Å²) in [5.41, 5.74) is 2.00. The quantitative estimate of drug-likeness (QED) is 0.405. The minimum atomic E-state index is -0.168. The van der Waals surface area contributed by atoms with Crippen LogP contribution in [0.1, 0.15) is 49.5 Å². The van der Waals surface area contributed by atoms with E-state index < -0.39 is 0 Å². The van der Waals surface area contributed by atoms with Crippen molar-refractivity contribution in [3.05, 3.63) is 35.4 Å². The maximum atomic E-state index is 12.5. The van der Waals surface area contributed by atoms with E-state index in [1.807, 2.05) is 31.2 Å². The molecule has 6 heteroatoms. The molecule has 0 bridgehead atoms. The van der Waals surface area contributed by atoms with Crippen LogP contribution >= 0.6 is 23.1 Å². The number of benzene rings is 1. The standard InChI is InChI=1S/C17H23N3OS2/c1-4-6-11-18-16-19-20-17(23-16)22-12(3)15(21)14-9-7-13(5-2)8-10-14/h7-10,12H,4-6,11H2,1-3H3,(H,18,19). The van der Waals surface area contributed by atoms with Crippen molar-refractivity contribution < 1.29 is 4.79 Å². The molecular formula is C17H23N3OS2. The number of anilines is 1. The minimum Gasteiger partial charge on any atom is -0.360 e. The van der Waals surface area contributed by atoms with Crippen molar-refractivity contribution in [2.75, 3.05) is 11.9 Å². The summed E-state index contributed by atoms with van der Waals surface area (Å²) in [6, 6.07) is 7.86. The van der Waals surface area contributed by atoms with Crippen LogP contribution in [0.5, 0.6) is 0 Å². The van der Waals surface area contributed by atoms with E-state index in [9.17, 15) is 4.79 Å². The summed E-state index contributed by atoms with van der Waals surface area (Å²) in [4.78, 5) is 12.5. The second kappa shape index (κ2) is 9.03. The Kier molecular flexibility index (Phi) is 7.05. The van der Waals surface area contributed by atoms with Crippen LogP contribution in [0.15, 0.2) is 28.6 Å². The van der Waals surface area contributed by atoms with Crippen LogP contribution < -0.4 is 5.32 Å². The molecule has 0 radical (unpaired) electrons. The number of ketones is 1. The van der Waals surface area contributed by atoms with E-state index in [4.69, 9.17) is 0 Å². The first-order valence-corrected chi connectivity index (χ1v) is 9.70. The summed E-state index contributed by atoms with van der Waals surface area (Å²) in [5, 5.41) is 12.2. The molecule has 0 amide bonds. The molecule has 0 aliphatic rings. The lowest BCUT2D eigenvalue weighted by Crippen LogP contribution is -2.13. The molecule has 1 atom stereocenters. The largest absolute Gasteiger partial charge is 0.360 e. The number of hydrogen-bond acceptors (Lipinski definition) is 6. The molecule has 4 nitrogen and oxygen atoms in total. The van der Waals surface area contributed by atoms with Crippen LogP contribution in [0.2, 0.25) is 0 Å². The Balaban J connectivity index is 1.92. The van der Waals surface area contributed by atoms with Gasteiger partial charge in [0.1, 0.15) is 0 Å². The van der Waals surface area contributed by atoms with Crippen molar-refractivity contribution in [2.24, 2.45) is 0 Å². The Bertz CT molecular complexity index is 625. The van der Waals surface area contributed by atoms with Crippen molar-refractivity contribution in [1.29, 1.82) is 0 Å². The van der Waals surface area contributed by atoms with E-state index in [2.05, 4.69) is 29.4 Å². The third kappa shape index (κ3) is 5.32. The highest BCUT2D eigenvalue weighted by Crippen LogP contribution is 2.30. The number of hydrogen-bond donors (Lipinski definition) is 1. The number of carbonyl (C=O) groups excluding carboxylic acids is 1. The van der Waals surface area contributed by atoms with Gasteiger partial charge in [-0.25, -0.2) is 0 Å². The monoisotopic (exact) mass is 349 g/mol. The summed E-state index contributed by atoms with van der Waals surface area (Å²) in [6.45, 7) is 7.10. The first-order chi connectivity index (χ1) is 11.1. The van der Waals surface area contributed by atoms with Gasteiger partial charge >= 0.3 is 0 Å². The molecule has 0 saturated heterocycles. The van der Waals surface area contributed by atoms with E-state index in [0.29, 0.717) is 0 Å². The lowest BCUT2D eigenvalue weighted by molar-refractivity contribution is 0.0994.